The van der Waals surface area contributed by atoms with Crippen LogP contribution in [0.2, 0.25) is 0 Å². The molecule has 1 saturated heterocycles. The van der Waals surface area contributed by atoms with Crippen LogP contribution in [0.1, 0.15) is 50.4 Å². The molecule has 0 bridgehead atoms. The van der Waals surface area contributed by atoms with Crippen molar-refractivity contribution in [3.63, 3.8) is 0 Å². The van der Waals surface area contributed by atoms with Crippen molar-refractivity contribution in [3.05, 3.63) is 23.9 Å². The predicted octanol–water partition coefficient (Wildman–Crippen LogP) is 3.09. The average Bonchev–Trinajstić information content (AvgIpc) is 2.48. The summed E-state index contributed by atoms with van der Waals surface area (Å²) in [6.07, 6.45) is 5.51. The van der Waals surface area contributed by atoms with Crippen LogP contribution >= 0.6 is 0 Å². The Labute approximate surface area is 127 Å². The minimum atomic E-state index is -0.0489. The lowest BCUT2D eigenvalue weighted by atomic mass is 9.88. The summed E-state index contributed by atoms with van der Waals surface area (Å²) in [7, 11) is 0. The average molecular weight is 289 g/mol. The maximum atomic E-state index is 11.7. The maximum absolute atomic E-state index is 11.7. The van der Waals surface area contributed by atoms with E-state index in [1.54, 1.807) is 6.20 Å². The highest BCUT2D eigenvalue weighted by Gasteiger charge is 2.20. The highest BCUT2D eigenvalue weighted by molar-refractivity contribution is 5.93. The van der Waals surface area contributed by atoms with Gasteiger partial charge >= 0.3 is 0 Å². The minimum absolute atomic E-state index is 0.0489. The molecular formula is C17H27N3O. The highest BCUT2D eigenvalue weighted by Crippen LogP contribution is 2.26. The quantitative estimate of drug-likeness (QED) is 0.906. The lowest BCUT2D eigenvalue weighted by Crippen LogP contribution is -2.34. The fraction of sp³-hybridized carbons (Fsp3) is 0.647. The second kappa shape index (κ2) is 7.43. The van der Waals surface area contributed by atoms with Gasteiger partial charge in [0.15, 0.2) is 0 Å². The molecule has 1 aromatic heterocycles. The van der Waals surface area contributed by atoms with Crippen LogP contribution < -0.4 is 10.2 Å². The summed E-state index contributed by atoms with van der Waals surface area (Å²) in [5.41, 5.74) is 0.635. The third kappa shape index (κ3) is 4.45. The van der Waals surface area contributed by atoms with Crippen molar-refractivity contribution >= 4 is 11.7 Å². The standard InChI is InChI=1S/C17H27N3O/c1-4-18-17(21)15-5-6-16(19-12-15)20-9-7-14(8-10-20)11-13(2)3/h5-6,12-14H,4,7-11H2,1-3H3,(H,18,21). The van der Waals surface area contributed by atoms with Crippen LogP contribution in [0.25, 0.3) is 0 Å². The molecule has 0 aliphatic carbocycles. The SMILES string of the molecule is CCNC(=O)c1ccc(N2CCC(CC(C)C)CC2)nc1. The fourth-order valence-electron chi connectivity index (χ4n) is 3.03. The number of anilines is 1. The van der Waals surface area contributed by atoms with Crippen molar-refractivity contribution in [1.29, 1.82) is 0 Å². The van der Waals surface area contributed by atoms with E-state index in [1.165, 1.54) is 19.3 Å². The molecule has 4 nitrogen and oxygen atoms in total. The summed E-state index contributed by atoms with van der Waals surface area (Å²) in [6, 6.07) is 3.83. The van der Waals surface area contributed by atoms with E-state index >= 15 is 0 Å². The molecule has 2 heterocycles. The highest BCUT2D eigenvalue weighted by atomic mass is 16.1. The van der Waals surface area contributed by atoms with Gasteiger partial charge in [-0.15, -0.1) is 0 Å². The zero-order valence-corrected chi connectivity index (χ0v) is 13.4. The van der Waals surface area contributed by atoms with E-state index in [0.717, 1.165) is 30.7 Å². The number of amides is 1. The molecular weight excluding hydrogens is 262 g/mol. The van der Waals surface area contributed by atoms with Crippen molar-refractivity contribution in [1.82, 2.24) is 10.3 Å². The summed E-state index contributed by atoms with van der Waals surface area (Å²) in [4.78, 5) is 18.5. The second-order valence-corrected chi connectivity index (χ2v) is 6.32. The molecule has 21 heavy (non-hydrogen) atoms. The fourth-order valence-corrected chi connectivity index (χ4v) is 3.03. The van der Waals surface area contributed by atoms with Gasteiger partial charge in [0.05, 0.1) is 5.56 Å². The van der Waals surface area contributed by atoms with Gasteiger partial charge in [0, 0.05) is 25.8 Å². The zero-order valence-electron chi connectivity index (χ0n) is 13.4. The van der Waals surface area contributed by atoms with E-state index in [0.29, 0.717) is 12.1 Å². The smallest absolute Gasteiger partial charge is 0.252 e. The van der Waals surface area contributed by atoms with Crippen LogP contribution in [0.5, 0.6) is 0 Å². The Bertz CT molecular complexity index is 448. The Morgan fingerprint density at radius 2 is 2.10 bits per heavy atom. The zero-order chi connectivity index (χ0) is 15.2. The van der Waals surface area contributed by atoms with E-state index < -0.39 is 0 Å². The number of piperidine rings is 1. The van der Waals surface area contributed by atoms with Gasteiger partial charge in [-0.05, 0) is 50.2 Å². The molecule has 1 aliphatic heterocycles. The lowest BCUT2D eigenvalue weighted by Gasteiger charge is -2.33. The van der Waals surface area contributed by atoms with E-state index in [1.807, 2.05) is 19.1 Å². The molecule has 1 amide bonds. The Morgan fingerprint density at radius 3 is 2.62 bits per heavy atom. The summed E-state index contributed by atoms with van der Waals surface area (Å²) in [5, 5.41) is 2.79. The van der Waals surface area contributed by atoms with Gasteiger partial charge in [0.2, 0.25) is 0 Å². The molecule has 2 rings (SSSR count). The van der Waals surface area contributed by atoms with Crippen molar-refractivity contribution in [2.45, 2.75) is 40.0 Å². The van der Waals surface area contributed by atoms with Crippen molar-refractivity contribution < 1.29 is 4.79 Å². The van der Waals surface area contributed by atoms with Crippen LogP contribution in [0.3, 0.4) is 0 Å². The molecule has 1 fully saturated rings. The number of nitrogens with one attached hydrogen (secondary N) is 1. The van der Waals surface area contributed by atoms with Gasteiger partial charge in [-0.3, -0.25) is 4.79 Å². The Hall–Kier alpha value is -1.58. The summed E-state index contributed by atoms with van der Waals surface area (Å²) in [5.74, 6) is 2.59. The van der Waals surface area contributed by atoms with Gasteiger partial charge in [0.1, 0.15) is 5.82 Å². The minimum Gasteiger partial charge on any atom is -0.357 e. The number of hydrogen-bond donors (Lipinski definition) is 1. The number of rotatable bonds is 5. The largest absolute Gasteiger partial charge is 0.357 e. The molecule has 0 atom stereocenters. The second-order valence-electron chi connectivity index (χ2n) is 6.32. The summed E-state index contributed by atoms with van der Waals surface area (Å²) in [6.45, 7) is 9.31. The van der Waals surface area contributed by atoms with E-state index in [4.69, 9.17) is 0 Å². The van der Waals surface area contributed by atoms with Crippen LogP contribution in [0.15, 0.2) is 18.3 Å². The summed E-state index contributed by atoms with van der Waals surface area (Å²) >= 11 is 0. The molecule has 0 spiro atoms. The van der Waals surface area contributed by atoms with Gasteiger partial charge in [-0.25, -0.2) is 4.98 Å². The van der Waals surface area contributed by atoms with Crippen LogP contribution in [0, 0.1) is 11.8 Å². The number of aromatic nitrogens is 1. The van der Waals surface area contributed by atoms with Crippen LogP contribution in [0.4, 0.5) is 5.82 Å². The first kappa shape index (κ1) is 15.8. The molecule has 1 N–H and O–H groups in total. The first-order valence-corrected chi connectivity index (χ1v) is 8.09. The first-order chi connectivity index (χ1) is 10.1. The number of hydrogen-bond acceptors (Lipinski definition) is 3. The van der Waals surface area contributed by atoms with Gasteiger partial charge in [-0.2, -0.15) is 0 Å². The van der Waals surface area contributed by atoms with Crippen LogP contribution in [-0.2, 0) is 0 Å². The van der Waals surface area contributed by atoms with Crippen molar-refractivity contribution in [3.8, 4) is 0 Å². The molecule has 0 unspecified atom stereocenters. The molecule has 1 aliphatic rings. The van der Waals surface area contributed by atoms with E-state index in [2.05, 4.69) is 29.0 Å². The number of nitrogens with zero attached hydrogens (tertiary/aromatic N) is 2. The number of pyridine rings is 1. The number of carbonyl (C=O) groups is 1. The topological polar surface area (TPSA) is 45.2 Å². The number of carbonyl (C=O) groups excluding carboxylic acids is 1. The Morgan fingerprint density at radius 1 is 1.38 bits per heavy atom. The van der Waals surface area contributed by atoms with Gasteiger partial charge in [-0.1, -0.05) is 13.8 Å². The third-order valence-corrected chi connectivity index (χ3v) is 4.09. The molecule has 0 radical (unpaired) electrons. The Balaban J connectivity index is 1.90. The van der Waals surface area contributed by atoms with Crippen molar-refractivity contribution in [2.75, 3.05) is 24.5 Å². The molecule has 0 saturated carbocycles. The van der Waals surface area contributed by atoms with Crippen molar-refractivity contribution in [2.24, 2.45) is 11.8 Å². The third-order valence-electron chi connectivity index (χ3n) is 4.09. The maximum Gasteiger partial charge on any atom is 0.252 e. The molecule has 0 aromatic carbocycles. The first-order valence-electron chi connectivity index (χ1n) is 8.09. The Kier molecular flexibility index (Phi) is 5.59. The van der Waals surface area contributed by atoms with Crippen LogP contribution in [-0.4, -0.2) is 30.5 Å². The molecule has 1 aromatic rings. The normalized spacial score (nSPS) is 16.3. The lowest BCUT2D eigenvalue weighted by molar-refractivity contribution is 0.0955. The van der Waals surface area contributed by atoms with E-state index in [9.17, 15) is 4.79 Å². The van der Waals surface area contributed by atoms with Gasteiger partial charge < -0.3 is 10.2 Å². The molecule has 4 heteroatoms. The van der Waals surface area contributed by atoms with E-state index in [-0.39, 0.29) is 5.91 Å². The monoisotopic (exact) mass is 289 g/mol. The molecule has 116 valence electrons. The predicted molar refractivity (Wildman–Crippen MR) is 86.6 cm³/mol. The summed E-state index contributed by atoms with van der Waals surface area (Å²) < 4.78 is 0. The van der Waals surface area contributed by atoms with Gasteiger partial charge in [0.25, 0.3) is 5.91 Å².